The molecule has 1 atom stereocenters. The molecule has 1 aromatic carbocycles. The number of benzene rings is 1. The van der Waals surface area contributed by atoms with Crippen LogP contribution < -0.4 is 5.73 Å². The molecule has 0 spiro atoms. The lowest BCUT2D eigenvalue weighted by molar-refractivity contribution is -0.138. The van der Waals surface area contributed by atoms with Gasteiger partial charge in [0, 0.05) is 19.5 Å². The fourth-order valence-corrected chi connectivity index (χ4v) is 2.07. The van der Waals surface area contributed by atoms with E-state index in [9.17, 15) is 13.6 Å². The van der Waals surface area contributed by atoms with Crippen molar-refractivity contribution in [3.05, 3.63) is 35.4 Å². The van der Waals surface area contributed by atoms with E-state index in [1.54, 1.807) is 4.90 Å². The molecule has 104 valence electrons. The van der Waals surface area contributed by atoms with Gasteiger partial charge in [-0.1, -0.05) is 6.07 Å². The average molecular weight is 270 g/mol. The van der Waals surface area contributed by atoms with Gasteiger partial charge in [-0.05, 0) is 17.7 Å². The van der Waals surface area contributed by atoms with Crippen molar-refractivity contribution in [2.45, 2.75) is 12.5 Å². The number of morpholine rings is 1. The summed E-state index contributed by atoms with van der Waals surface area (Å²) in [4.78, 5) is 13.4. The van der Waals surface area contributed by atoms with Crippen molar-refractivity contribution in [2.75, 3.05) is 26.2 Å². The molecule has 1 unspecified atom stereocenters. The monoisotopic (exact) mass is 270 g/mol. The lowest BCUT2D eigenvalue weighted by Gasteiger charge is -2.33. The van der Waals surface area contributed by atoms with Gasteiger partial charge in [-0.3, -0.25) is 4.79 Å². The van der Waals surface area contributed by atoms with Gasteiger partial charge < -0.3 is 15.4 Å². The molecule has 19 heavy (non-hydrogen) atoms. The number of carbonyl (C=O) groups is 1. The Hall–Kier alpha value is -1.53. The highest BCUT2D eigenvalue weighted by atomic mass is 19.2. The predicted octanol–water partition coefficient (Wildman–Crippen LogP) is 1.21. The average Bonchev–Trinajstić information content (AvgIpc) is 2.42. The van der Waals surface area contributed by atoms with Crippen molar-refractivity contribution in [1.29, 1.82) is 0 Å². The fourth-order valence-electron chi connectivity index (χ4n) is 2.07. The summed E-state index contributed by atoms with van der Waals surface area (Å²) in [6, 6.07) is 3.64. The van der Waals surface area contributed by atoms with Gasteiger partial charge in [0.1, 0.15) is 6.10 Å². The number of hydrogen-bond donors (Lipinski definition) is 1. The van der Waals surface area contributed by atoms with Gasteiger partial charge in [0.25, 0.3) is 0 Å². The highest BCUT2D eigenvalue weighted by molar-refractivity contribution is 5.76. The van der Waals surface area contributed by atoms with E-state index in [1.165, 1.54) is 6.07 Å². The molecule has 1 heterocycles. The summed E-state index contributed by atoms with van der Waals surface area (Å²) < 4.78 is 31.6. The van der Waals surface area contributed by atoms with Gasteiger partial charge in [0.2, 0.25) is 5.91 Å². The maximum Gasteiger partial charge on any atom is 0.224 e. The lowest BCUT2D eigenvalue weighted by atomic mass is 10.1. The maximum atomic E-state index is 13.2. The highest BCUT2D eigenvalue weighted by Gasteiger charge is 2.25. The van der Waals surface area contributed by atoms with E-state index in [0.717, 1.165) is 12.1 Å². The zero-order chi connectivity index (χ0) is 13.8. The van der Waals surface area contributed by atoms with Crippen LogP contribution in [0.2, 0.25) is 0 Å². The summed E-state index contributed by atoms with van der Waals surface area (Å²) in [5, 5.41) is 0. The summed E-state index contributed by atoms with van der Waals surface area (Å²) >= 11 is 0. The normalized spacial score (nSPS) is 19.5. The molecular weight excluding hydrogens is 254 g/mol. The molecule has 0 saturated carbocycles. The Bertz CT molecular complexity index is 468. The summed E-state index contributed by atoms with van der Waals surface area (Å²) in [7, 11) is 0. The molecule has 1 fully saturated rings. The number of nitrogens with two attached hydrogens (primary N) is 1. The van der Waals surface area contributed by atoms with Crippen LogP contribution in [0.25, 0.3) is 0 Å². The van der Waals surface area contributed by atoms with Crippen molar-refractivity contribution < 1.29 is 18.3 Å². The van der Waals surface area contributed by atoms with Gasteiger partial charge in [-0.15, -0.1) is 0 Å². The van der Waals surface area contributed by atoms with Crippen LogP contribution in [0, 0.1) is 11.6 Å². The standard InChI is InChI=1S/C13H16F2N2O2/c14-10-2-1-9(7-11(10)15)12-8-17(5-6-19-12)13(18)3-4-16/h1-2,7,12H,3-6,8,16H2. The van der Waals surface area contributed by atoms with Crippen LogP contribution in [0.1, 0.15) is 18.1 Å². The second-order valence-electron chi connectivity index (χ2n) is 4.41. The molecule has 4 nitrogen and oxygen atoms in total. The number of rotatable bonds is 3. The minimum absolute atomic E-state index is 0.0432. The Morgan fingerprint density at radius 2 is 2.21 bits per heavy atom. The van der Waals surface area contributed by atoms with E-state index in [0.29, 0.717) is 31.8 Å². The van der Waals surface area contributed by atoms with Crippen LogP contribution in [0.15, 0.2) is 18.2 Å². The Balaban J connectivity index is 2.08. The summed E-state index contributed by atoms with van der Waals surface area (Å²) in [6.45, 7) is 1.51. The van der Waals surface area contributed by atoms with Gasteiger partial charge in [-0.2, -0.15) is 0 Å². The Labute approximate surface area is 110 Å². The molecule has 0 aliphatic carbocycles. The van der Waals surface area contributed by atoms with Crippen molar-refractivity contribution >= 4 is 5.91 Å². The van der Waals surface area contributed by atoms with E-state index < -0.39 is 17.7 Å². The second kappa shape index (κ2) is 6.08. The summed E-state index contributed by atoms with van der Waals surface area (Å²) in [5.74, 6) is -1.85. The molecular formula is C13H16F2N2O2. The minimum Gasteiger partial charge on any atom is -0.370 e. The van der Waals surface area contributed by atoms with E-state index in [4.69, 9.17) is 10.5 Å². The van der Waals surface area contributed by atoms with E-state index in [2.05, 4.69) is 0 Å². The van der Waals surface area contributed by atoms with E-state index in [1.807, 2.05) is 0 Å². The highest BCUT2D eigenvalue weighted by Crippen LogP contribution is 2.24. The van der Waals surface area contributed by atoms with E-state index in [-0.39, 0.29) is 12.3 Å². The van der Waals surface area contributed by atoms with Crippen LogP contribution in [-0.4, -0.2) is 37.0 Å². The van der Waals surface area contributed by atoms with Crippen LogP contribution in [0.3, 0.4) is 0 Å². The number of ether oxygens (including phenoxy) is 1. The Morgan fingerprint density at radius 1 is 1.42 bits per heavy atom. The van der Waals surface area contributed by atoms with Crippen LogP contribution in [0.5, 0.6) is 0 Å². The zero-order valence-corrected chi connectivity index (χ0v) is 10.4. The van der Waals surface area contributed by atoms with Crippen LogP contribution >= 0.6 is 0 Å². The van der Waals surface area contributed by atoms with E-state index >= 15 is 0 Å². The zero-order valence-electron chi connectivity index (χ0n) is 10.4. The predicted molar refractivity (Wildman–Crippen MR) is 65.3 cm³/mol. The lowest BCUT2D eigenvalue weighted by Crippen LogP contribution is -2.42. The largest absolute Gasteiger partial charge is 0.370 e. The molecule has 1 aliphatic heterocycles. The molecule has 1 aliphatic rings. The van der Waals surface area contributed by atoms with Gasteiger partial charge in [0.15, 0.2) is 11.6 Å². The number of halogens is 2. The van der Waals surface area contributed by atoms with Gasteiger partial charge in [0.05, 0.1) is 13.2 Å². The first-order valence-corrected chi connectivity index (χ1v) is 6.16. The van der Waals surface area contributed by atoms with Crippen molar-refractivity contribution in [3.8, 4) is 0 Å². The number of carbonyl (C=O) groups excluding carboxylic acids is 1. The molecule has 1 aromatic rings. The molecule has 2 rings (SSSR count). The molecule has 0 radical (unpaired) electrons. The van der Waals surface area contributed by atoms with Crippen LogP contribution in [-0.2, 0) is 9.53 Å². The number of amides is 1. The molecule has 2 N–H and O–H groups in total. The number of nitrogens with zero attached hydrogens (tertiary/aromatic N) is 1. The third-order valence-electron chi connectivity index (χ3n) is 3.09. The van der Waals surface area contributed by atoms with Crippen molar-refractivity contribution in [1.82, 2.24) is 4.90 Å². The first-order valence-electron chi connectivity index (χ1n) is 6.16. The summed E-state index contributed by atoms with van der Waals surface area (Å²) in [6.07, 6.45) is -0.143. The molecule has 1 amide bonds. The molecule has 0 bridgehead atoms. The molecule has 1 saturated heterocycles. The maximum absolute atomic E-state index is 13.2. The third-order valence-corrected chi connectivity index (χ3v) is 3.09. The third kappa shape index (κ3) is 3.27. The topological polar surface area (TPSA) is 55.6 Å². The first-order chi connectivity index (χ1) is 9.11. The van der Waals surface area contributed by atoms with Gasteiger partial charge >= 0.3 is 0 Å². The number of hydrogen-bond acceptors (Lipinski definition) is 3. The Morgan fingerprint density at radius 3 is 2.89 bits per heavy atom. The first kappa shape index (κ1) is 13.9. The molecule has 6 heteroatoms. The van der Waals surface area contributed by atoms with Crippen molar-refractivity contribution in [2.24, 2.45) is 5.73 Å². The van der Waals surface area contributed by atoms with Crippen LogP contribution in [0.4, 0.5) is 8.78 Å². The Kier molecular flexibility index (Phi) is 4.44. The van der Waals surface area contributed by atoms with Gasteiger partial charge in [-0.25, -0.2) is 8.78 Å². The molecule has 0 aromatic heterocycles. The summed E-state index contributed by atoms with van der Waals surface area (Å²) in [5.41, 5.74) is 5.88. The van der Waals surface area contributed by atoms with Crippen molar-refractivity contribution in [3.63, 3.8) is 0 Å². The quantitative estimate of drug-likeness (QED) is 0.898. The SMILES string of the molecule is NCCC(=O)N1CCOC(c2ccc(F)c(F)c2)C1. The minimum atomic E-state index is -0.911. The smallest absolute Gasteiger partial charge is 0.224 e. The second-order valence-corrected chi connectivity index (χ2v) is 4.41. The fraction of sp³-hybridized carbons (Fsp3) is 0.462.